The van der Waals surface area contributed by atoms with Crippen LogP contribution in [-0.4, -0.2) is 40.7 Å². The molecule has 29 heavy (non-hydrogen) atoms. The van der Waals surface area contributed by atoms with Crippen molar-refractivity contribution in [3.8, 4) is 0 Å². The number of carbonyl (C=O) groups is 3. The Balaban J connectivity index is 3.16. The highest BCUT2D eigenvalue weighted by Gasteiger charge is 2.38. The van der Waals surface area contributed by atoms with E-state index in [0.29, 0.717) is 0 Å². The fourth-order valence-electron chi connectivity index (χ4n) is 1.96. The van der Waals surface area contributed by atoms with Gasteiger partial charge in [0.2, 0.25) is 6.61 Å². The molecule has 0 aliphatic carbocycles. The van der Waals surface area contributed by atoms with Crippen molar-refractivity contribution in [3.63, 3.8) is 0 Å². The van der Waals surface area contributed by atoms with E-state index >= 15 is 0 Å². The molecule has 0 heterocycles. The Morgan fingerprint density at radius 2 is 1.38 bits per heavy atom. The van der Waals surface area contributed by atoms with Gasteiger partial charge in [-0.1, -0.05) is 18.2 Å². The zero-order chi connectivity index (χ0) is 21.9. The second kappa shape index (κ2) is 11.2. The molecule has 9 nitrogen and oxygen atoms in total. The first kappa shape index (κ1) is 23.3. The molecule has 1 aromatic rings. The molecule has 0 atom stereocenters. The number of benzene rings is 1. The first-order valence-corrected chi connectivity index (χ1v) is 8.45. The van der Waals surface area contributed by atoms with Crippen LogP contribution in [0.3, 0.4) is 0 Å². The van der Waals surface area contributed by atoms with Crippen LogP contribution in [0.25, 0.3) is 0 Å². The van der Waals surface area contributed by atoms with Crippen LogP contribution in [0.15, 0.2) is 55.2 Å². The molecule has 0 bridgehead atoms. The van der Waals surface area contributed by atoms with E-state index in [0.717, 1.165) is 18.2 Å². The summed E-state index contributed by atoms with van der Waals surface area (Å²) in [4.78, 5) is 34.9. The van der Waals surface area contributed by atoms with Crippen molar-refractivity contribution in [2.24, 2.45) is 0 Å². The summed E-state index contributed by atoms with van der Waals surface area (Å²) < 4.78 is 21.3. The maximum absolute atomic E-state index is 12.5. The molecule has 0 aliphatic rings. The fourth-order valence-corrected chi connectivity index (χ4v) is 1.96. The zero-order valence-electron chi connectivity index (χ0n) is 16.2. The number of carboxylic acids is 2. The number of esters is 1. The molecule has 2 N–H and O–H groups in total. The van der Waals surface area contributed by atoms with Crippen LogP contribution < -0.4 is 0 Å². The van der Waals surface area contributed by atoms with Crippen LogP contribution in [0.2, 0.25) is 0 Å². The molecule has 0 saturated carbocycles. The molecule has 0 fully saturated rings. The van der Waals surface area contributed by atoms with Crippen molar-refractivity contribution < 1.29 is 43.5 Å². The van der Waals surface area contributed by atoms with E-state index in [1.54, 1.807) is 39.0 Å². The van der Waals surface area contributed by atoms with Gasteiger partial charge in [-0.25, -0.2) is 14.4 Å². The molecule has 0 saturated heterocycles. The lowest BCUT2D eigenvalue weighted by atomic mass is 10.0. The summed E-state index contributed by atoms with van der Waals surface area (Å²) in [6.07, 6.45) is 8.48. The number of allylic oxidation sites excluding steroid dienone is 3. The number of aromatic carboxylic acids is 2. The predicted molar refractivity (Wildman–Crippen MR) is 101 cm³/mol. The van der Waals surface area contributed by atoms with E-state index in [-0.39, 0.29) is 11.1 Å². The van der Waals surface area contributed by atoms with E-state index in [2.05, 4.69) is 0 Å². The van der Waals surface area contributed by atoms with Gasteiger partial charge in [-0.05, 0) is 39.0 Å². The summed E-state index contributed by atoms with van der Waals surface area (Å²) in [5, 5.41) is 18.3. The topological polar surface area (TPSA) is 129 Å². The molecule has 1 aromatic carbocycles. The second-order valence-corrected chi connectivity index (χ2v) is 5.39. The lowest BCUT2D eigenvalue weighted by Crippen LogP contribution is -2.41. The summed E-state index contributed by atoms with van der Waals surface area (Å²) in [5.74, 6) is -5.69. The average molecular weight is 406 g/mol. The Labute approximate surface area is 167 Å². The quantitative estimate of drug-likeness (QED) is 0.322. The highest BCUT2D eigenvalue weighted by molar-refractivity contribution is 6.04. The number of rotatable bonds is 11. The molecule has 9 heteroatoms. The molecular formula is C20H22O9. The number of carboxylic acid groups (broad SMARTS) is 2. The van der Waals surface area contributed by atoms with E-state index in [9.17, 15) is 19.5 Å². The summed E-state index contributed by atoms with van der Waals surface area (Å²) in [6.45, 7) is 4.49. The average Bonchev–Trinajstić information content (AvgIpc) is 2.71. The van der Waals surface area contributed by atoms with Gasteiger partial charge in [0, 0.05) is 0 Å². The van der Waals surface area contributed by atoms with Gasteiger partial charge in [0.1, 0.15) is 0 Å². The minimum absolute atomic E-state index is 0.280. The molecule has 0 aliphatic heterocycles. The molecule has 0 amide bonds. The smallest absolute Gasteiger partial charge is 0.452 e. The van der Waals surface area contributed by atoms with Crippen LogP contribution in [0.4, 0.5) is 0 Å². The third-order valence-electron chi connectivity index (χ3n) is 3.25. The number of ether oxygens (including phenoxy) is 4. The van der Waals surface area contributed by atoms with Crippen molar-refractivity contribution in [3.05, 3.63) is 71.9 Å². The lowest BCUT2D eigenvalue weighted by Gasteiger charge is -2.29. The number of hydrogen-bond acceptors (Lipinski definition) is 7. The normalized spacial score (nSPS) is 13.3. The van der Waals surface area contributed by atoms with Crippen molar-refractivity contribution in [2.45, 2.75) is 26.7 Å². The molecule has 0 radical (unpaired) electrons. The highest BCUT2D eigenvalue weighted by atomic mass is 16.9. The van der Waals surface area contributed by atoms with E-state index < -0.39 is 36.1 Å². The minimum Gasteiger partial charge on any atom is -0.478 e. The molecule has 0 aromatic heterocycles. The Morgan fingerprint density at radius 1 is 0.862 bits per heavy atom. The Kier molecular flexibility index (Phi) is 8.97. The van der Waals surface area contributed by atoms with Crippen LogP contribution in [0.5, 0.6) is 0 Å². The third kappa shape index (κ3) is 6.73. The molecule has 0 unspecified atom stereocenters. The monoisotopic (exact) mass is 406 g/mol. The molecule has 0 spiro atoms. The minimum atomic E-state index is -1.86. The van der Waals surface area contributed by atoms with Crippen molar-refractivity contribution in [1.82, 2.24) is 0 Å². The Bertz CT molecular complexity index is 785. The molecule has 156 valence electrons. The molecule has 1 rings (SSSR count). The van der Waals surface area contributed by atoms with Gasteiger partial charge in [0.25, 0.3) is 0 Å². The van der Waals surface area contributed by atoms with E-state index in [4.69, 9.17) is 24.1 Å². The Hall–Kier alpha value is -3.75. The maximum atomic E-state index is 12.5. The van der Waals surface area contributed by atoms with Gasteiger partial charge in [-0.2, -0.15) is 0 Å². The first-order chi connectivity index (χ1) is 13.8. The fraction of sp³-hybridized carbons (Fsp3) is 0.250. The summed E-state index contributed by atoms with van der Waals surface area (Å²) in [5.41, 5.74) is -1.13. The third-order valence-corrected chi connectivity index (χ3v) is 3.25. The van der Waals surface area contributed by atoms with Crippen LogP contribution in [0, 0.1) is 0 Å². The van der Waals surface area contributed by atoms with E-state index in [1.807, 2.05) is 0 Å². The summed E-state index contributed by atoms with van der Waals surface area (Å²) in [6, 6.07) is 3.03. The zero-order valence-corrected chi connectivity index (χ0v) is 16.2. The van der Waals surface area contributed by atoms with Crippen LogP contribution >= 0.6 is 0 Å². The van der Waals surface area contributed by atoms with Crippen molar-refractivity contribution in [2.75, 3.05) is 6.61 Å². The predicted octanol–water partition coefficient (Wildman–Crippen LogP) is 3.54. The van der Waals surface area contributed by atoms with E-state index in [1.165, 1.54) is 18.8 Å². The SMILES string of the molecule is CC=COC(COC(=O)c1ccc(C(=O)O)cc1C(=O)O)(OC=CC)OC=CC. The second-order valence-electron chi connectivity index (χ2n) is 5.39. The lowest BCUT2D eigenvalue weighted by molar-refractivity contribution is -0.331. The van der Waals surface area contributed by atoms with Gasteiger partial charge in [-0.3, -0.25) is 0 Å². The van der Waals surface area contributed by atoms with Gasteiger partial charge in [0.05, 0.1) is 35.5 Å². The van der Waals surface area contributed by atoms with Gasteiger partial charge >= 0.3 is 23.9 Å². The summed E-state index contributed by atoms with van der Waals surface area (Å²) in [7, 11) is 0. The standard InChI is InChI=1S/C20H22O9/c1-4-9-27-20(28-10-5-2,29-11-6-3)13-26-19(25)15-8-7-14(17(21)22)12-16(15)18(23)24/h4-12H,13H2,1-3H3,(H,21,22)(H,23,24). The van der Waals surface area contributed by atoms with Crippen molar-refractivity contribution in [1.29, 1.82) is 0 Å². The van der Waals surface area contributed by atoms with Gasteiger partial charge < -0.3 is 29.2 Å². The highest BCUT2D eigenvalue weighted by Crippen LogP contribution is 2.21. The van der Waals surface area contributed by atoms with Gasteiger partial charge in [-0.15, -0.1) is 0 Å². The van der Waals surface area contributed by atoms with Gasteiger partial charge in [0.15, 0.2) is 0 Å². The molecular weight excluding hydrogens is 384 g/mol. The number of hydrogen-bond donors (Lipinski definition) is 2. The van der Waals surface area contributed by atoms with Crippen LogP contribution in [-0.2, 0) is 18.9 Å². The first-order valence-electron chi connectivity index (χ1n) is 8.45. The Morgan fingerprint density at radius 3 is 1.79 bits per heavy atom. The summed E-state index contributed by atoms with van der Waals surface area (Å²) >= 11 is 0. The van der Waals surface area contributed by atoms with Crippen molar-refractivity contribution >= 4 is 17.9 Å². The number of carbonyl (C=O) groups excluding carboxylic acids is 1. The largest absolute Gasteiger partial charge is 0.478 e. The van der Waals surface area contributed by atoms with Crippen LogP contribution in [0.1, 0.15) is 51.8 Å². The maximum Gasteiger partial charge on any atom is 0.452 e.